The molecule has 2 aliphatic rings. The number of benzene rings is 1. The van der Waals surface area contributed by atoms with Gasteiger partial charge < -0.3 is 19.0 Å². The summed E-state index contributed by atoms with van der Waals surface area (Å²) in [6, 6.07) is 5.24. The zero-order valence-corrected chi connectivity index (χ0v) is 17.9. The largest absolute Gasteiger partial charge is 0.507 e. The maximum atomic E-state index is 12.5. The van der Waals surface area contributed by atoms with Crippen molar-refractivity contribution in [3.05, 3.63) is 52.4 Å². The third kappa shape index (κ3) is 3.74. The molecule has 1 N–H and O–H groups in total. The number of hydrogen-bond donors (Lipinski definition) is 1. The van der Waals surface area contributed by atoms with E-state index < -0.39 is 5.41 Å². The number of fused-ring (bicyclic) bond motifs is 1. The number of hydrogen-bond acceptors (Lipinski definition) is 5. The first-order chi connectivity index (χ1) is 13.4. The van der Waals surface area contributed by atoms with E-state index in [1.807, 2.05) is 26.0 Å². The lowest BCUT2D eigenvalue weighted by molar-refractivity contribution is 0.275. The van der Waals surface area contributed by atoms with E-state index in [0.29, 0.717) is 23.7 Å². The summed E-state index contributed by atoms with van der Waals surface area (Å²) in [6.45, 7) is 14.1. The molecule has 0 bridgehead atoms. The highest BCUT2D eigenvalue weighted by Crippen LogP contribution is 2.46. The third-order valence-electron chi connectivity index (χ3n) is 6.63. The van der Waals surface area contributed by atoms with Crippen LogP contribution in [0, 0.1) is 0 Å². The van der Waals surface area contributed by atoms with Gasteiger partial charge in [-0.2, -0.15) is 0 Å². The summed E-state index contributed by atoms with van der Waals surface area (Å²) in [5.41, 5.74) is 0.730. The molecular formula is C24H30O5. The average Bonchev–Trinajstić information content (AvgIpc) is 3.48. The predicted octanol–water partition coefficient (Wildman–Crippen LogP) is 4.62. The van der Waals surface area contributed by atoms with E-state index in [4.69, 9.17) is 13.9 Å². The van der Waals surface area contributed by atoms with Crippen LogP contribution in [0.1, 0.15) is 58.6 Å². The van der Waals surface area contributed by atoms with Crippen LogP contribution < -0.4 is 5.63 Å². The topological polar surface area (TPSA) is 75.5 Å². The Morgan fingerprint density at radius 2 is 1.86 bits per heavy atom. The first-order valence-corrected chi connectivity index (χ1v) is 10.2. The molecule has 2 aromatic rings. The van der Waals surface area contributed by atoms with E-state index >= 15 is 0 Å². The van der Waals surface area contributed by atoms with Gasteiger partial charge in [-0.1, -0.05) is 19.9 Å². The van der Waals surface area contributed by atoms with Gasteiger partial charge in [-0.05, 0) is 45.7 Å². The summed E-state index contributed by atoms with van der Waals surface area (Å²) in [5, 5.41) is 11.2. The Bertz CT molecular complexity index is 1030. The smallest absolute Gasteiger partial charge is 0.339 e. The summed E-state index contributed by atoms with van der Waals surface area (Å²) in [7, 11) is 0. The summed E-state index contributed by atoms with van der Waals surface area (Å²) in [6.07, 6.45) is 4.49. The molecule has 0 unspecified atom stereocenters. The molecule has 0 amide bonds. The molecular weight excluding hydrogens is 368 g/mol. The number of phenols is 1. The fourth-order valence-corrected chi connectivity index (χ4v) is 4.09. The first-order valence-electron chi connectivity index (χ1n) is 10.2. The second-order valence-electron chi connectivity index (χ2n) is 9.76. The maximum Gasteiger partial charge on any atom is 0.339 e. The molecule has 0 radical (unpaired) electrons. The van der Waals surface area contributed by atoms with Gasteiger partial charge in [-0.3, -0.25) is 0 Å². The van der Waals surface area contributed by atoms with Crippen molar-refractivity contribution in [2.24, 2.45) is 0 Å². The first kappa shape index (κ1) is 20.2. The van der Waals surface area contributed by atoms with E-state index in [1.165, 1.54) is 6.07 Å². The third-order valence-corrected chi connectivity index (χ3v) is 6.63. The van der Waals surface area contributed by atoms with Gasteiger partial charge in [0.15, 0.2) is 0 Å². The van der Waals surface area contributed by atoms with Gasteiger partial charge in [0.2, 0.25) is 0 Å². The highest BCUT2D eigenvalue weighted by Gasteiger charge is 2.55. The minimum Gasteiger partial charge on any atom is -0.507 e. The van der Waals surface area contributed by atoms with E-state index in [1.54, 1.807) is 6.08 Å². The van der Waals surface area contributed by atoms with Crippen molar-refractivity contribution in [1.29, 1.82) is 0 Å². The molecule has 0 aliphatic carbocycles. The van der Waals surface area contributed by atoms with Crippen molar-refractivity contribution < 1.29 is 19.0 Å². The zero-order chi connectivity index (χ0) is 21.2. The number of ether oxygens (including phenoxy) is 2. The van der Waals surface area contributed by atoms with Gasteiger partial charge in [0.25, 0.3) is 0 Å². The molecule has 29 heavy (non-hydrogen) atoms. The van der Waals surface area contributed by atoms with E-state index in [2.05, 4.69) is 27.4 Å². The molecule has 156 valence electrons. The summed E-state index contributed by atoms with van der Waals surface area (Å²) in [4.78, 5) is 12.5. The SMILES string of the molecule is C=CC(C)(C)c1cc2cc(C[C@@H]3O[C@]3(C)CC[C@H]3OC3(C)C)c(=O)oc2cc1O. The molecule has 0 spiro atoms. The van der Waals surface area contributed by atoms with Crippen molar-refractivity contribution in [2.45, 2.75) is 82.7 Å². The molecule has 1 aromatic carbocycles. The normalized spacial score (nSPS) is 27.8. The lowest BCUT2D eigenvalue weighted by Gasteiger charge is -2.22. The van der Waals surface area contributed by atoms with Crippen LogP contribution >= 0.6 is 0 Å². The Labute approximate surface area is 171 Å². The predicted molar refractivity (Wildman–Crippen MR) is 113 cm³/mol. The van der Waals surface area contributed by atoms with E-state index in [9.17, 15) is 9.90 Å². The molecule has 3 atom stereocenters. The van der Waals surface area contributed by atoms with Crippen LogP contribution in [0.15, 0.2) is 40.1 Å². The summed E-state index contributed by atoms with van der Waals surface area (Å²) in [5.74, 6) is 0.0987. The van der Waals surface area contributed by atoms with Crippen LogP contribution in [0.25, 0.3) is 11.0 Å². The molecule has 2 fully saturated rings. The van der Waals surface area contributed by atoms with Crippen LogP contribution in [0.2, 0.25) is 0 Å². The molecule has 2 saturated heterocycles. The number of allylic oxidation sites excluding steroid dienone is 1. The van der Waals surface area contributed by atoms with Gasteiger partial charge >= 0.3 is 5.63 Å². The Morgan fingerprint density at radius 1 is 1.17 bits per heavy atom. The Hall–Kier alpha value is -2.11. The monoisotopic (exact) mass is 398 g/mol. The fourth-order valence-electron chi connectivity index (χ4n) is 4.09. The van der Waals surface area contributed by atoms with Crippen LogP contribution in [0.3, 0.4) is 0 Å². The molecule has 4 rings (SSSR count). The number of aromatic hydroxyl groups is 1. The van der Waals surface area contributed by atoms with Crippen LogP contribution in [-0.2, 0) is 21.3 Å². The zero-order valence-electron chi connectivity index (χ0n) is 17.9. The Morgan fingerprint density at radius 3 is 2.48 bits per heavy atom. The average molecular weight is 398 g/mol. The second kappa shape index (κ2) is 6.44. The van der Waals surface area contributed by atoms with Gasteiger partial charge in [-0.25, -0.2) is 4.79 Å². The van der Waals surface area contributed by atoms with Gasteiger partial charge in [0, 0.05) is 34.4 Å². The number of phenolic OH excluding ortho intramolecular Hbond substituents is 1. The van der Waals surface area contributed by atoms with Crippen molar-refractivity contribution >= 4 is 11.0 Å². The molecule has 5 heteroatoms. The van der Waals surface area contributed by atoms with Gasteiger partial charge in [-0.15, -0.1) is 6.58 Å². The minimum atomic E-state index is -0.397. The van der Waals surface area contributed by atoms with Crippen LogP contribution in [0.5, 0.6) is 5.75 Å². The highest BCUT2D eigenvalue weighted by molar-refractivity contribution is 5.80. The summed E-state index contributed by atoms with van der Waals surface area (Å²) < 4.78 is 17.1. The van der Waals surface area contributed by atoms with Crippen molar-refractivity contribution in [2.75, 3.05) is 0 Å². The lowest BCUT2D eigenvalue weighted by atomic mass is 9.83. The molecule has 0 saturated carbocycles. The number of rotatable bonds is 7. The maximum absolute atomic E-state index is 12.5. The molecule has 1 aromatic heterocycles. The summed E-state index contributed by atoms with van der Waals surface area (Å²) >= 11 is 0. The minimum absolute atomic E-state index is 0.00548. The molecule has 5 nitrogen and oxygen atoms in total. The second-order valence-corrected chi connectivity index (χ2v) is 9.76. The van der Waals surface area contributed by atoms with E-state index in [0.717, 1.165) is 23.8 Å². The standard InChI is InChI=1S/C24H30O5/c1-7-22(2,3)16-11-14-10-15(21(26)27-18(14)13-17(16)25)12-20-24(6,29-20)9-8-19-23(4,5)28-19/h7,10-11,13,19-20,25H,1,8-9,12H2,2-6H3/t19-,20+,24-/m1/s1. The molecule has 2 aliphatic heterocycles. The van der Waals surface area contributed by atoms with Crippen molar-refractivity contribution in [3.8, 4) is 5.75 Å². The van der Waals surface area contributed by atoms with Crippen LogP contribution in [-0.4, -0.2) is 28.5 Å². The van der Waals surface area contributed by atoms with E-state index in [-0.39, 0.29) is 28.7 Å². The quantitative estimate of drug-likeness (QED) is 0.418. The highest BCUT2D eigenvalue weighted by atomic mass is 16.6. The van der Waals surface area contributed by atoms with Crippen molar-refractivity contribution in [1.82, 2.24) is 0 Å². The lowest BCUT2D eigenvalue weighted by Crippen LogP contribution is -2.17. The van der Waals surface area contributed by atoms with Crippen LogP contribution in [0.4, 0.5) is 0 Å². The van der Waals surface area contributed by atoms with Gasteiger partial charge in [0.05, 0.1) is 23.4 Å². The Kier molecular flexibility index (Phi) is 4.48. The molecule has 3 heterocycles. The Balaban J connectivity index is 1.54. The van der Waals surface area contributed by atoms with Crippen molar-refractivity contribution in [3.63, 3.8) is 0 Å². The fraction of sp³-hybridized carbons (Fsp3) is 0.542. The number of epoxide rings is 2. The van der Waals surface area contributed by atoms with Gasteiger partial charge in [0.1, 0.15) is 11.3 Å².